The van der Waals surface area contributed by atoms with Gasteiger partial charge >= 0.3 is 0 Å². The third kappa shape index (κ3) is 3.70. The van der Waals surface area contributed by atoms with E-state index in [1.54, 1.807) is 10.9 Å². The number of aliphatic hydroxyl groups excluding tert-OH is 1. The van der Waals surface area contributed by atoms with Gasteiger partial charge in [0.1, 0.15) is 5.78 Å². The molecule has 0 spiro atoms. The predicted molar refractivity (Wildman–Crippen MR) is 52.9 cm³/mol. The molecule has 0 saturated carbocycles. The number of carbonyl (C=O) groups excluding carboxylic acids is 1. The van der Waals surface area contributed by atoms with E-state index in [4.69, 9.17) is 5.11 Å². The van der Waals surface area contributed by atoms with Crippen molar-refractivity contribution in [3.05, 3.63) is 18.0 Å². The van der Waals surface area contributed by atoms with Crippen molar-refractivity contribution in [1.29, 1.82) is 0 Å². The minimum absolute atomic E-state index is 0.0959. The van der Waals surface area contributed by atoms with E-state index in [1.165, 1.54) is 0 Å². The van der Waals surface area contributed by atoms with Crippen LogP contribution in [0.4, 0.5) is 0 Å². The maximum atomic E-state index is 11.2. The zero-order valence-corrected chi connectivity index (χ0v) is 8.44. The second-order valence-electron chi connectivity index (χ2n) is 3.39. The number of nitrogens with zero attached hydrogens (tertiary/aromatic N) is 2. The molecule has 1 aromatic heterocycles. The van der Waals surface area contributed by atoms with E-state index >= 15 is 0 Å². The molecule has 0 atom stereocenters. The van der Waals surface area contributed by atoms with Crippen LogP contribution in [0.3, 0.4) is 0 Å². The summed E-state index contributed by atoms with van der Waals surface area (Å²) in [5, 5.41) is 12.6. The van der Waals surface area contributed by atoms with Crippen LogP contribution in [0.2, 0.25) is 0 Å². The Morgan fingerprint density at radius 1 is 1.57 bits per heavy atom. The van der Waals surface area contributed by atoms with Gasteiger partial charge in [-0.1, -0.05) is 0 Å². The van der Waals surface area contributed by atoms with Gasteiger partial charge in [-0.3, -0.25) is 9.48 Å². The first-order chi connectivity index (χ1) is 6.72. The Hall–Kier alpha value is -1.16. The lowest BCUT2D eigenvalue weighted by Gasteiger charge is -1.97. The Labute approximate surface area is 83.5 Å². The molecule has 4 nitrogen and oxygen atoms in total. The lowest BCUT2D eigenvalue weighted by molar-refractivity contribution is -0.119. The van der Waals surface area contributed by atoms with E-state index < -0.39 is 0 Å². The number of ketones is 1. The standard InChI is InChI=1S/C10H16N2O2/c1-12-8-9(7-11-12)4-5-10(14)3-2-6-13/h7-8,13H,2-6H2,1H3. The SMILES string of the molecule is Cn1cc(CCC(=O)CCCO)cn1. The van der Waals surface area contributed by atoms with Gasteiger partial charge in [0.05, 0.1) is 6.20 Å². The van der Waals surface area contributed by atoms with Crippen LogP contribution in [0, 0.1) is 0 Å². The minimum Gasteiger partial charge on any atom is -0.396 e. The summed E-state index contributed by atoms with van der Waals surface area (Å²) >= 11 is 0. The monoisotopic (exact) mass is 196 g/mol. The second kappa shape index (κ2) is 5.54. The van der Waals surface area contributed by atoms with E-state index in [-0.39, 0.29) is 12.4 Å². The van der Waals surface area contributed by atoms with Gasteiger partial charge in [0, 0.05) is 32.7 Å². The molecule has 0 amide bonds. The topological polar surface area (TPSA) is 55.1 Å². The number of hydrogen-bond acceptors (Lipinski definition) is 3. The first-order valence-corrected chi connectivity index (χ1v) is 4.82. The Balaban J connectivity index is 2.23. The maximum Gasteiger partial charge on any atom is 0.133 e. The zero-order valence-electron chi connectivity index (χ0n) is 8.44. The van der Waals surface area contributed by atoms with E-state index in [0.29, 0.717) is 19.3 Å². The number of Topliss-reactive ketones (excluding diaryl/α,β-unsaturated/α-hetero) is 1. The molecular weight excluding hydrogens is 180 g/mol. The average Bonchev–Trinajstić information content (AvgIpc) is 2.58. The van der Waals surface area contributed by atoms with Crippen LogP contribution < -0.4 is 0 Å². The van der Waals surface area contributed by atoms with Gasteiger partial charge in [-0.05, 0) is 18.4 Å². The molecule has 1 heterocycles. The molecule has 0 aliphatic rings. The molecule has 4 heteroatoms. The summed E-state index contributed by atoms with van der Waals surface area (Å²) in [6.07, 6.45) is 6.05. The van der Waals surface area contributed by atoms with Crippen molar-refractivity contribution in [2.75, 3.05) is 6.61 Å². The minimum atomic E-state index is 0.0959. The number of aromatic nitrogens is 2. The molecule has 0 aliphatic carbocycles. The summed E-state index contributed by atoms with van der Waals surface area (Å²) in [6.45, 7) is 0.0959. The van der Waals surface area contributed by atoms with Crippen LogP contribution in [-0.4, -0.2) is 27.3 Å². The van der Waals surface area contributed by atoms with Crippen LogP contribution in [0.15, 0.2) is 12.4 Å². The molecule has 0 fully saturated rings. The Morgan fingerprint density at radius 2 is 2.36 bits per heavy atom. The highest BCUT2D eigenvalue weighted by atomic mass is 16.3. The highest BCUT2D eigenvalue weighted by Crippen LogP contribution is 2.03. The van der Waals surface area contributed by atoms with Gasteiger partial charge in [-0.15, -0.1) is 0 Å². The van der Waals surface area contributed by atoms with Crippen molar-refractivity contribution in [2.45, 2.75) is 25.7 Å². The fraction of sp³-hybridized carbons (Fsp3) is 0.600. The highest BCUT2D eigenvalue weighted by molar-refractivity contribution is 5.78. The molecule has 0 aliphatic heterocycles. The van der Waals surface area contributed by atoms with Crippen molar-refractivity contribution in [1.82, 2.24) is 9.78 Å². The lowest BCUT2D eigenvalue weighted by Crippen LogP contribution is -2.00. The van der Waals surface area contributed by atoms with Gasteiger partial charge in [-0.2, -0.15) is 5.10 Å². The molecule has 1 rings (SSSR count). The molecule has 0 aromatic carbocycles. The van der Waals surface area contributed by atoms with E-state index in [1.807, 2.05) is 13.2 Å². The third-order valence-corrected chi connectivity index (χ3v) is 2.06. The van der Waals surface area contributed by atoms with Crippen LogP contribution in [0.25, 0.3) is 0 Å². The summed E-state index contributed by atoms with van der Waals surface area (Å²) in [6, 6.07) is 0. The van der Waals surface area contributed by atoms with Crippen LogP contribution >= 0.6 is 0 Å². The van der Waals surface area contributed by atoms with E-state index in [2.05, 4.69) is 5.10 Å². The molecule has 1 aromatic rings. The number of aliphatic hydroxyl groups is 1. The lowest BCUT2D eigenvalue weighted by atomic mass is 10.1. The van der Waals surface area contributed by atoms with Gasteiger partial charge in [0.15, 0.2) is 0 Å². The fourth-order valence-electron chi connectivity index (χ4n) is 1.29. The van der Waals surface area contributed by atoms with Gasteiger partial charge in [0.25, 0.3) is 0 Å². The smallest absolute Gasteiger partial charge is 0.133 e. The van der Waals surface area contributed by atoms with E-state index in [0.717, 1.165) is 12.0 Å². The van der Waals surface area contributed by atoms with E-state index in [9.17, 15) is 4.79 Å². The Bertz CT molecular complexity index is 294. The molecule has 78 valence electrons. The number of aryl methyl sites for hydroxylation is 2. The number of rotatable bonds is 6. The second-order valence-corrected chi connectivity index (χ2v) is 3.39. The normalized spacial score (nSPS) is 10.4. The van der Waals surface area contributed by atoms with Gasteiger partial charge in [0.2, 0.25) is 0 Å². The number of hydrogen-bond donors (Lipinski definition) is 1. The van der Waals surface area contributed by atoms with Crippen LogP contribution in [-0.2, 0) is 18.3 Å². The van der Waals surface area contributed by atoms with Crippen molar-refractivity contribution in [3.63, 3.8) is 0 Å². The summed E-state index contributed by atoms with van der Waals surface area (Å²) in [7, 11) is 1.86. The van der Waals surface area contributed by atoms with Crippen molar-refractivity contribution in [2.24, 2.45) is 7.05 Å². The Kier molecular flexibility index (Phi) is 4.32. The van der Waals surface area contributed by atoms with Crippen molar-refractivity contribution in [3.8, 4) is 0 Å². The average molecular weight is 196 g/mol. The Morgan fingerprint density at radius 3 is 2.93 bits per heavy atom. The largest absolute Gasteiger partial charge is 0.396 e. The summed E-state index contributed by atoms with van der Waals surface area (Å²) in [5.74, 6) is 0.211. The fourth-order valence-corrected chi connectivity index (χ4v) is 1.29. The quantitative estimate of drug-likeness (QED) is 0.728. The van der Waals surface area contributed by atoms with Crippen molar-refractivity contribution < 1.29 is 9.90 Å². The van der Waals surface area contributed by atoms with Crippen molar-refractivity contribution >= 4 is 5.78 Å². The zero-order chi connectivity index (χ0) is 10.4. The molecule has 0 unspecified atom stereocenters. The molecular formula is C10H16N2O2. The first kappa shape index (κ1) is 10.9. The van der Waals surface area contributed by atoms with Crippen LogP contribution in [0.1, 0.15) is 24.8 Å². The molecule has 0 radical (unpaired) electrons. The molecule has 0 bridgehead atoms. The third-order valence-electron chi connectivity index (χ3n) is 2.06. The summed E-state index contributed by atoms with van der Waals surface area (Å²) < 4.78 is 1.73. The summed E-state index contributed by atoms with van der Waals surface area (Å²) in [4.78, 5) is 11.2. The van der Waals surface area contributed by atoms with Gasteiger partial charge < -0.3 is 5.11 Å². The molecule has 14 heavy (non-hydrogen) atoms. The number of carbonyl (C=O) groups is 1. The van der Waals surface area contributed by atoms with Gasteiger partial charge in [-0.25, -0.2) is 0 Å². The maximum absolute atomic E-state index is 11.2. The first-order valence-electron chi connectivity index (χ1n) is 4.82. The van der Waals surface area contributed by atoms with Crippen LogP contribution in [0.5, 0.6) is 0 Å². The summed E-state index contributed by atoms with van der Waals surface area (Å²) in [5.41, 5.74) is 1.09. The predicted octanol–water partition coefficient (Wildman–Crippen LogP) is 0.694. The molecule has 1 N–H and O–H groups in total. The highest BCUT2D eigenvalue weighted by Gasteiger charge is 2.03. The molecule has 0 saturated heterocycles.